The molecule has 5 heteroatoms. The lowest BCUT2D eigenvalue weighted by atomic mass is 9.99. The summed E-state index contributed by atoms with van der Waals surface area (Å²) in [7, 11) is 4.13. The lowest BCUT2D eigenvalue weighted by molar-refractivity contribution is 0.238. The Hall–Kier alpha value is -3.05. The van der Waals surface area contributed by atoms with Gasteiger partial charge in [0.1, 0.15) is 11.5 Å². The quantitative estimate of drug-likeness (QED) is 0.163. The van der Waals surface area contributed by atoms with E-state index in [9.17, 15) is 0 Å². The van der Waals surface area contributed by atoms with E-state index in [1.165, 1.54) is 0 Å². The van der Waals surface area contributed by atoms with Crippen LogP contribution < -0.4 is 11.1 Å². The molecule has 182 valence electrons. The predicted molar refractivity (Wildman–Crippen MR) is 147 cm³/mol. The van der Waals surface area contributed by atoms with E-state index in [1.807, 2.05) is 65.8 Å². The maximum absolute atomic E-state index is 6.26. The number of nitrogen functional groups attached to an aromatic ring is 1. The molecular weight excluding hydrogens is 408 g/mol. The third-order valence-electron chi connectivity index (χ3n) is 4.50. The standard InChI is InChI=1S/C26H38N4O.C2H6/c1-9-28-25(19(3)4)18-26(21(6)31-10-2)29-20(5)17-22(15-16-30(7)8)23-13-11-12-14-24(23)27;1-2/h9,11-14,17-18,28H,1,6,10,15-16,27H2,2-5,7-8H3;1-2H3/b22-17+,26-18-,29-20+;. The van der Waals surface area contributed by atoms with Gasteiger partial charge in [0.05, 0.1) is 6.61 Å². The molecule has 0 saturated heterocycles. The minimum Gasteiger partial charge on any atom is -0.492 e. The number of benzene rings is 1. The Bertz CT molecular complexity index is 885. The number of hydrogen-bond donors (Lipinski definition) is 2. The number of aliphatic imine (C=N–C) groups is 1. The SMILES string of the molecule is C=CNC(\C=C(/N=C(C)/C=C(\CCN(C)C)c1ccccc1N)C(=C)OCC)=C(C)C.CC. The smallest absolute Gasteiger partial charge is 0.137 e. The number of nitrogens with one attached hydrogen (secondary N) is 1. The van der Waals surface area contributed by atoms with Gasteiger partial charge in [0.15, 0.2) is 0 Å². The lowest BCUT2D eigenvalue weighted by Gasteiger charge is -2.15. The molecule has 1 rings (SSSR count). The number of anilines is 1. The van der Waals surface area contributed by atoms with Crippen molar-refractivity contribution in [2.45, 2.75) is 48.0 Å². The predicted octanol–water partition coefficient (Wildman–Crippen LogP) is 6.55. The van der Waals surface area contributed by atoms with Crippen molar-refractivity contribution in [2.24, 2.45) is 4.99 Å². The minimum absolute atomic E-state index is 0.522. The first-order valence-corrected chi connectivity index (χ1v) is 11.5. The number of rotatable bonds is 12. The highest BCUT2D eigenvalue weighted by atomic mass is 16.5. The number of nitrogens with zero attached hydrogens (tertiary/aromatic N) is 2. The van der Waals surface area contributed by atoms with Gasteiger partial charge in [-0.1, -0.05) is 50.8 Å². The molecule has 1 aromatic rings. The Balaban J connectivity index is 0.00000497. The van der Waals surface area contributed by atoms with E-state index in [-0.39, 0.29) is 0 Å². The monoisotopic (exact) mass is 452 g/mol. The van der Waals surface area contributed by atoms with Gasteiger partial charge in [-0.25, -0.2) is 4.99 Å². The average molecular weight is 453 g/mol. The molecule has 3 N–H and O–H groups in total. The molecule has 0 heterocycles. The first-order valence-electron chi connectivity index (χ1n) is 11.5. The third-order valence-corrected chi connectivity index (χ3v) is 4.50. The van der Waals surface area contributed by atoms with E-state index in [0.29, 0.717) is 18.1 Å². The lowest BCUT2D eigenvalue weighted by Crippen LogP contribution is -2.14. The summed E-state index contributed by atoms with van der Waals surface area (Å²) in [4.78, 5) is 6.99. The average Bonchev–Trinajstić information content (AvgIpc) is 2.77. The normalized spacial score (nSPS) is 12.0. The second kappa shape index (κ2) is 16.6. The Morgan fingerprint density at radius 1 is 1.15 bits per heavy atom. The highest BCUT2D eigenvalue weighted by molar-refractivity contribution is 6.00. The molecule has 0 aromatic heterocycles. The molecule has 0 atom stereocenters. The van der Waals surface area contributed by atoms with Crippen molar-refractivity contribution in [3.63, 3.8) is 0 Å². The number of para-hydroxylation sites is 1. The van der Waals surface area contributed by atoms with Crippen LogP contribution in [0.3, 0.4) is 0 Å². The topological polar surface area (TPSA) is 62.9 Å². The van der Waals surface area contributed by atoms with Gasteiger partial charge in [-0.15, -0.1) is 0 Å². The molecule has 0 fully saturated rings. The molecule has 0 aliphatic rings. The zero-order valence-electron chi connectivity index (χ0n) is 22.0. The molecule has 0 bridgehead atoms. The van der Waals surface area contributed by atoms with Crippen LogP contribution in [0.25, 0.3) is 5.57 Å². The molecule has 0 amide bonds. The second-order valence-electron chi connectivity index (χ2n) is 7.71. The molecule has 1 aromatic carbocycles. The van der Waals surface area contributed by atoms with Gasteiger partial charge in [0.2, 0.25) is 0 Å². The zero-order valence-corrected chi connectivity index (χ0v) is 22.0. The van der Waals surface area contributed by atoms with Crippen molar-refractivity contribution >= 4 is 17.0 Å². The molecule has 0 saturated carbocycles. The van der Waals surface area contributed by atoms with Gasteiger partial charge in [-0.2, -0.15) is 0 Å². The van der Waals surface area contributed by atoms with Gasteiger partial charge in [-0.05, 0) is 78.2 Å². The Kier molecular flexibility index (Phi) is 15.0. The van der Waals surface area contributed by atoms with Crippen LogP contribution in [0.1, 0.15) is 53.5 Å². The first kappa shape index (κ1) is 29.9. The van der Waals surface area contributed by atoms with Crippen molar-refractivity contribution in [1.82, 2.24) is 10.2 Å². The van der Waals surface area contributed by atoms with Crippen molar-refractivity contribution in [3.05, 3.63) is 84.1 Å². The summed E-state index contributed by atoms with van der Waals surface area (Å²) in [6.45, 7) is 21.2. The summed E-state index contributed by atoms with van der Waals surface area (Å²) < 4.78 is 5.66. The van der Waals surface area contributed by atoms with E-state index >= 15 is 0 Å². The van der Waals surface area contributed by atoms with Gasteiger partial charge < -0.3 is 20.7 Å². The van der Waals surface area contributed by atoms with Crippen LogP contribution in [0.15, 0.2) is 83.5 Å². The number of hydrogen-bond acceptors (Lipinski definition) is 5. The Labute approximate surface area is 202 Å². The van der Waals surface area contributed by atoms with Crippen LogP contribution in [0.2, 0.25) is 0 Å². The fourth-order valence-corrected chi connectivity index (χ4v) is 2.89. The number of ether oxygens (including phenoxy) is 1. The summed E-state index contributed by atoms with van der Waals surface area (Å²) >= 11 is 0. The van der Waals surface area contributed by atoms with Gasteiger partial charge in [0.25, 0.3) is 0 Å². The van der Waals surface area contributed by atoms with E-state index < -0.39 is 0 Å². The molecular formula is C28H44N4O. The maximum atomic E-state index is 6.26. The number of nitrogens with two attached hydrogens (primary N) is 1. The van der Waals surface area contributed by atoms with Crippen molar-refractivity contribution in [3.8, 4) is 0 Å². The van der Waals surface area contributed by atoms with Crippen LogP contribution >= 0.6 is 0 Å². The Morgan fingerprint density at radius 3 is 2.30 bits per heavy atom. The van der Waals surface area contributed by atoms with Crippen molar-refractivity contribution in [1.29, 1.82) is 0 Å². The summed E-state index contributed by atoms with van der Waals surface area (Å²) in [5, 5.41) is 3.15. The van der Waals surface area contributed by atoms with Crippen LogP contribution in [-0.2, 0) is 4.74 Å². The van der Waals surface area contributed by atoms with E-state index in [0.717, 1.165) is 46.8 Å². The third kappa shape index (κ3) is 11.4. The van der Waals surface area contributed by atoms with Crippen molar-refractivity contribution in [2.75, 3.05) is 33.0 Å². The van der Waals surface area contributed by atoms with Gasteiger partial charge in [0, 0.05) is 29.2 Å². The van der Waals surface area contributed by atoms with Gasteiger partial charge >= 0.3 is 0 Å². The fourth-order valence-electron chi connectivity index (χ4n) is 2.89. The highest BCUT2D eigenvalue weighted by Gasteiger charge is 2.09. The zero-order chi connectivity index (χ0) is 25.4. The summed E-state index contributed by atoms with van der Waals surface area (Å²) in [5.41, 5.74) is 12.7. The summed E-state index contributed by atoms with van der Waals surface area (Å²) in [6, 6.07) is 7.93. The fraction of sp³-hybridized carbons (Fsp3) is 0.393. The van der Waals surface area contributed by atoms with Crippen LogP contribution in [0, 0.1) is 0 Å². The molecule has 0 spiro atoms. The van der Waals surface area contributed by atoms with Crippen LogP contribution in [-0.4, -0.2) is 37.9 Å². The molecule has 33 heavy (non-hydrogen) atoms. The maximum Gasteiger partial charge on any atom is 0.137 e. The molecule has 5 nitrogen and oxygen atoms in total. The molecule has 0 radical (unpaired) electrons. The van der Waals surface area contributed by atoms with Crippen LogP contribution in [0.5, 0.6) is 0 Å². The van der Waals surface area contributed by atoms with Gasteiger partial charge in [-0.3, -0.25) is 0 Å². The second-order valence-corrected chi connectivity index (χ2v) is 7.71. The largest absolute Gasteiger partial charge is 0.492 e. The van der Waals surface area contributed by atoms with Crippen LogP contribution in [0.4, 0.5) is 5.69 Å². The van der Waals surface area contributed by atoms with E-state index in [2.05, 4.69) is 49.6 Å². The molecule has 0 aliphatic carbocycles. The van der Waals surface area contributed by atoms with E-state index in [4.69, 9.17) is 15.5 Å². The van der Waals surface area contributed by atoms with E-state index in [1.54, 1.807) is 6.20 Å². The Morgan fingerprint density at radius 2 is 1.79 bits per heavy atom. The summed E-state index contributed by atoms with van der Waals surface area (Å²) in [5.74, 6) is 0.522. The molecule has 0 unspecified atom stereocenters. The molecule has 0 aliphatic heterocycles. The number of allylic oxidation sites excluding steroid dienone is 3. The first-order chi connectivity index (χ1) is 15.7. The highest BCUT2D eigenvalue weighted by Crippen LogP contribution is 2.25. The van der Waals surface area contributed by atoms with Crippen molar-refractivity contribution < 1.29 is 4.74 Å². The minimum atomic E-state index is 0.522. The summed E-state index contributed by atoms with van der Waals surface area (Å²) in [6.07, 6.45) is 6.53.